The Labute approximate surface area is 316 Å². The van der Waals surface area contributed by atoms with Crippen LogP contribution in [-0.4, -0.2) is 4.57 Å². The summed E-state index contributed by atoms with van der Waals surface area (Å²) in [5.74, 6) is 0. The van der Waals surface area contributed by atoms with Crippen LogP contribution >= 0.6 is 23.1 Å². The second-order valence-corrected chi connectivity index (χ2v) is 16.0. The van der Waals surface area contributed by atoms with Crippen molar-refractivity contribution in [3.05, 3.63) is 188 Å². The minimum Gasteiger partial charge on any atom is -0.368 e. The number of benzene rings is 8. The number of hydrogen-bond acceptors (Lipinski definition) is 3. The van der Waals surface area contributed by atoms with Gasteiger partial charge in [-0.15, -0.1) is 11.3 Å². The Morgan fingerprint density at radius 1 is 0.434 bits per heavy atom. The van der Waals surface area contributed by atoms with Crippen LogP contribution in [0.25, 0.3) is 81.0 Å². The van der Waals surface area contributed by atoms with E-state index in [-0.39, 0.29) is 5.37 Å². The summed E-state index contributed by atoms with van der Waals surface area (Å²) in [5, 5.41) is 9.22. The van der Waals surface area contributed by atoms with Crippen molar-refractivity contribution in [1.29, 1.82) is 0 Å². The minimum atomic E-state index is 0.142. The molecule has 0 aliphatic carbocycles. The molecule has 2 aromatic heterocycles. The van der Waals surface area contributed by atoms with Crippen molar-refractivity contribution in [1.82, 2.24) is 4.57 Å². The number of thiophene rings is 1. The molecular weight excluding hydrogens is 681 g/mol. The van der Waals surface area contributed by atoms with Crippen LogP contribution in [0.2, 0.25) is 0 Å². The summed E-state index contributed by atoms with van der Waals surface area (Å²) in [6.07, 6.45) is 0. The Balaban J connectivity index is 0.966. The highest BCUT2D eigenvalue weighted by molar-refractivity contribution is 8.00. The van der Waals surface area contributed by atoms with Gasteiger partial charge in [-0.3, -0.25) is 0 Å². The molecule has 11 rings (SSSR count). The van der Waals surface area contributed by atoms with Crippen LogP contribution < -0.4 is 5.32 Å². The maximum atomic E-state index is 3.85. The van der Waals surface area contributed by atoms with Gasteiger partial charge in [0.05, 0.1) is 11.0 Å². The molecule has 0 radical (unpaired) electrons. The van der Waals surface area contributed by atoms with Gasteiger partial charge < -0.3 is 9.88 Å². The highest BCUT2D eigenvalue weighted by atomic mass is 32.2. The zero-order chi connectivity index (χ0) is 34.9. The van der Waals surface area contributed by atoms with Crippen molar-refractivity contribution in [2.24, 2.45) is 0 Å². The first-order chi connectivity index (χ1) is 26.2. The van der Waals surface area contributed by atoms with E-state index in [1.807, 2.05) is 23.1 Å². The third-order valence-electron chi connectivity index (χ3n) is 10.7. The number of rotatable bonds is 5. The fourth-order valence-electron chi connectivity index (χ4n) is 8.04. The Hall–Kier alpha value is -6.07. The van der Waals surface area contributed by atoms with E-state index in [1.165, 1.54) is 91.5 Å². The predicted molar refractivity (Wildman–Crippen MR) is 229 cm³/mol. The van der Waals surface area contributed by atoms with Crippen molar-refractivity contribution in [3.8, 4) is 39.1 Å². The molecule has 250 valence electrons. The number of nitrogens with one attached hydrogen (secondary N) is 1. The lowest BCUT2D eigenvalue weighted by Crippen LogP contribution is -2.01. The second kappa shape index (κ2) is 12.3. The Morgan fingerprint density at radius 3 is 1.57 bits per heavy atom. The molecule has 4 heteroatoms. The van der Waals surface area contributed by atoms with Gasteiger partial charge in [0.25, 0.3) is 0 Å². The third kappa shape index (κ3) is 5.09. The summed E-state index contributed by atoms with van der Waals surface area (Å²) in [7, 11) is 0. The Morgan fingerprint density at radius 2 is 0.981 bits per heavy atom. The smallest absolute Gasteiger partial charge is 0.103 e. The molecule has 10 aromatic rings. The van der Waals surface area contributed by atoms with Crippen LogP contribution in [-0.2, 0) is 0 Å². The molecule has 2 nitrogen and oxygen atoms in total. The number of hydrogen-bond donors (Lipinski definition) is 1. The van der Waals surface area contributed by atoms with Gasteiger partial charge in [0.15, 0.2) is 0 Å². The van der Waals surface area contributed by atoms with Crippen LogP contribution in [0.1, 0.15) is 10.9 Å². The maximum absolute atomic E-state index is 3.85. The lowest BCUT2D eigenvalue weighted by molar-refractivity contribution is 1.12. The van der Waals surface area contributed by atoms with E-state index in [2.05, 4.69) is 192 Å². The lowest BCUT2D eigenvalue weighted by Gasteiger charge is -2.13. The SMILES string of the molecule is c1ccc(-c2ccc3c(c2)sc2ccc4c(c23)SC(c2ccc(-n3c5ccc(-c6ccccc6)cc5c5cc(-c6ccccc6)ccc53)cc2)N4)cc1. The number of nitrogens with zero attached hydrogens (tertiary/aromatic N) is 1. The van der Waals surface area contributed by atoms with Gasteiger partial charge in [0.2, 0.25) is 0 Å². The van der Waals surface area contributed by atoms with Crippen molar-refractivity contribution >= 4 is 70.8 Å². The highest BCUT2D eigenvalue weighted by Gasteiger charge is 2.27. The average molecular weight is 713 g/mol. The fourth-order valence-corrected chi connectivity index (χ4v) is 10.6. The molecular formula is C49H32N2S2. The molecule has 1 aliphatic rings. The van der Waals surface area contributed by atoms with Gasteiger partial charge in [-0.2, -0.15) is 0 Å². The van der Waals surface area contributed by atoms with Crippen molar-refractivity contribution < 1.29 is 0 Å². The minimum absolute atomic E-state index is 0.142. The molecule has 0 saturated heterocycles. The molecule has 1 unspecified atom stereocenters. The topological polar surface area (TPSA) is 17.0 Å². The molecule has 3 heterocycles. The molecule has 1 atom stereocenters. The standard InChI is InChI=1S/C49H32N2S2/c1-4-10-31(11-5-1)35-19-25-43-40(28-35)41-29-36(32-12-6-2-7-13-32)20-26-44(41)51(43)38-21-16-34(17-22-38)49-50-42-24-27-45-47(48(42)53-49)39-23-18-37(30-46(39)52-45)33-14-8-3-9-15-33/h1-30,49-50H. The monoisotopic (exact) mass is 712 g/mol. The molecule has 53 heavy (non-hydrogen) atoms. The van der Waals surface area contributed by atoms with E-state index in [9.17, 15) is 0 Å². The first kappa shape index (κ1) is 30.5. The highest BCUT2D eigenvalue weighted by Crippen LogP contribution is 2.53. The largest absolute Gasteiger partial charge is 0.368 e. The van der Waals surface area contributed by atoms with Gasteiger partial charge in [-0.25, -0.2) is 0 Å². The van der Waals surface area contributed by atoms with Crippen LogP contribution in [0.15, 0.2) is 187 Å². The van der Waals surface area contributed by atoms with Crippen LogP contribution in [0.3, 0.4) is 0 Å². The molecule has 1 N–H and O–H groups in total. The van der Waals surface area contributed by atoms with Crippen molar-refractivity contribution in [3.63, 3.8) is 0 Å². The van der Waals surface area contributed by atoms with Gasteiger partial charge >= 0.3 is 0 Å². The van der Waals surface area contributed by atoms with Gasteiger partial charge in [0.1, 0.15) is 5.37 Å². The van der Waals surface area contributed by atoms with Crippen LogP contribution in [0.4, 0.5) is 5.69 Å². The molecule has 1 aliphatic heterocycles. The van der Waals surface area contributed by atoms with E-state index in [4.69, 9.17) is 0 Å². The first-order valence-corrected chi connectivity index (χ1v) is 19.7. The summed E-state index contributed by atoms with van der Waals surface area (Å²) in [6.45, 7) is 0. The molecule has 0 amide bonds. The number of fused-ring (bicyclic) bond motifs is 8. The quantitative estimate of drug-likeness (QED) is 0.191. The molecule has 0 saturated carbocycles. The zero-order valence-electron chi connectivity index (χ0n) is 28.7. The molecule has 0 fully saturated rings. The zero-order valence-corrected chi connectivity index (χ0v) is 30.3. The maximum Gasteiger partial charge on any atom is 0.103 e. The van der Waals surface area contributed by atoms with Crippen molar-refractivity contribution in [2.75, 3.05) is 5.32 Å². The van der Waals surface area contributed by atoms with Crippen LogP contribution in [0, 0.1) is 0 Å². The van der Waals surface area contributed by atoms with Gasteiger partial charge in [-0.05, 0) is 93.5 Å². The van der Waals surface area contributed by atoms with E-state index in [1.54, 1.807) is 0 Å². The summed E-state index contributed by atoms with van der Waals surface area (Å²) in [4.78, 5) is 1.35. The fraction of sp³-hybridized carbons (Fsp3) is 0.0204. The van der Waals surface area contributed by atoms with Gasteiger partial charge in [-0.1, -0.05) is 139 Å². The van der Waals surface area contributed by atoms with E-state index < -0.39 is 0 Å². The summed E-state index contributed by atoms with van der Waals surface area (Å²) >= 11 is 3.83. The molecule has 0 spiro atoms. The molecule has 0 bridgehead atoms. The Bertz CT molecular complexity index is 2880. The average Bonchev–Trinajstić information content (AvgIpc) is 3.93. The van der Waals surface area contributed by atoms with Crippen LogP contribution in [0.5, 0.6) is 0 Å². The van der Waals surface area contributed by atoms with Gasteiger partial charge in [0, 0.05) is 47.2 Å². The van der Waals surface area contributed by atoms with E-state index in [0.29, 0.717) is 0 Å². The first-order valence-electron chi connectivity index (χ1n) is 18.0. The summed E-state index contributed by atoms with van der Waals surface area (Å²) in [6, 6.07) is 66.5. The number of aromatic nitrogens is 1. The number of anilines is 1. The second-order valence-electron chi connectivity index (χ2n) is 13.8. The van der Waals surface area contributed by atoms with E-state index >= 15 is 0 Å². The number of thioether (sulfide) groups is 1. The third-order valence-corrected chi connectivity index (χ3v) is 13.1. The molecule has 8 aromatic carbocycles. The summed E-state index contributed by atoms with van der Waals surface area (Å²) < 4.78 is 5.10. The normalized spacial score (nSPS) is 13.9. The van der Waals surface area contributed by atoms with E-state index in [0.717, 1.165) is 5.69 Å². The predicted octanol–water partition coefficient (Wildman–Crippen LogP) is 14.4. The Kier molecular flexibility index (Phi) is 7.07. The van der Waals surface area contributed by atoms with Crippen molar-refractivity contribution in [2.45, 2.75) is 10.3 Å². The summed E-state index contributed by atoms with van der Waals surface area (Å²) in [5.41, 5.74) is 13.5. The lowest BCUT2D eigenvalue weighted by atomic mass is 10.0.